The van der Waals surface area contributed by atoms with E-state index < -0.39 is 47.8 Å². The third-order valence-electron chi connectivity index (χ3n) is 11.1. The minimum absolute atomic E-state index is 0.0515. The summed E-state index contributed by atoms with van der Waals surface area (Å²) < 4.78 is 0. The average molecular weight is 854 g/mol. The number of carbonyl (C=O) groups is 5. The predicted molar refractivity (Wildman–Crippen MR) is 246 cm³/mol. The highest BCUT2D eigenvalue weighted by atomic mass is 16.3. The number of aromatic hydroxyl groups is 1. The van der Waals surface area contributed by atoms with Crippen molar-refractivity contribution in [3.63, 3.8) is 0 Å². The molecule has 4 atom stereocenters. The van der Waals surface area contributed by atoms with Gasteiger partial charge in [0.1, 0.15) is 29.9 Å². The van der Waals surface area contributed by atoms with Crippen molar-refractivity contribution in [2.75, 3.05) is 6.54 Å². The molecular weight excluding hydrogens is 795 g/mol. The molecule has 0 bridgehead atoms. The van der Waals surface area contributed by atoms with Crippen molar-refractivity contribution in [2.24, 2.45) is 11.8 Å². The van der Waals surface area contributed by atoms with Crippen molar-refractivity contribution in [2.45, 2.75) is 90.4 Å². The number of hydrogen-bond acceptors (Lipinski definition) is 6. The van der Waals surface area contributed by atoms with E-state index >= 15 is 0 Å². The van der Waals surface area contributed by atoms with Crippen molar-refractivity contribution in [3.8, 4) is 5.75 Å². The molecule has 13 nitrogen and oxygen atoms in total. The quantitative estimate of drug-likeness (QED) is 0.0452. The van der Waals surface area contributed by atoms with Crippen molar-refractivity contribution in [3.05, 3.63) is 138 Å². The summed E-state index contributed by atoms with van der Waals surface area (Å²) in [5.41, 5.74) is 4.71. The van der Waals surface area contributed by atoms with Crippen LogP contribution in [0.3, 0.4) is 0 Å². The first-order chi connectivity index (χ1) is 30.3. The topological polar surface area (TPSA) is 197 Å². The lowest BCUT2D eigenvalue weighted by Crippen LogP contribution is -2.59. The van der Waals surface area contributed by atoms with Crippen molar-refractivity contribution in [1.82, 2.24) is 36.6 Å². The third-order valence-corrected chi connectivity index (χ3v) is 11.1. The second-order valence-electron chi connectivity index (χ2n) is 17.1. The molecule has 4 aromatic carbocycles. The Morgan fingerprint density at radius 1 is 0.524 bits per heavy atom. The van der Waals surface area contributed by atoms with E-state index in [1.54, 1.807) is 24.5 Å². The summed E-state index contributed by atoms with van der Waals surface area (Å²) in [6, 6.07) is 26.5. The van der Waals surface area contributed by atoms with Crippen LogP contribution in [-0.2, 0) is 49.7 Å². The molecule has 0 aliphatic rings. The molecule has 6 aromatic rings. The lowest BCUT2D eigenvalue weighted by atomic mass is 9.99. The highest BCUT2D eigenvalue weighted by Gasteiger charge is 2.33. The van der Waals surface area contributed by atoms with Gasteiger partial charge < -0.3 is 41.7 Å². The standard InChI is InChI=1S/C50H59N7O6/c1-31(2)22-23-51-47(60)42(24-32(3)4)55-50(63)45(28-36-30-53-41-17-11-9-15-39(36)41)57-48(61)43(25-33-12-6-5-7-13-33)56-49(62)44(27-35-29-52-40-16-10-8-14-38(35)40)54-46(59)26-34-18-20-37(58)21-19-34/h5-21,29-32,42-45,52-53,58H,22-28H2,1-4H3,(H,51,60)(H,54,59)(H,55,63)(H,56,62)(H,57,61)/t42-,43-,44+,45+/m0/s1. The lowest BCUT2D eigenvalue weighted by Gasteiger charge is -2.27. The summed E-state index contributed by atoms with van der Waals surface area (Å²) in [5, 5.41) is 26.3. The number of H-pyrrole nitrogens is 2. The second-order valence-corrected chi connectivity index (χ2v) is 17.1. The zero-order valence-electron chi connectivity index (χ0n) is 36.4. The molecule has 8 N–H and O–H groups in total. The van der Waals surface area contributed by atoms with Crippen molar-refractivity contribution >= 4 is 51.3 Å². The normalized spacial score (nSPS) is 13.3. The van der Waals surface area contributed by atoms with Crippen LogP contribution in [0.15, 0.2) is 116 Å². The van der Waals surface area contributed by atoms with Crippen LogP contribution in [0.25, 0.3) is 21.8 Å². The van der Waals surface area contributed by atoms with Crippen LogP contribution in [0.2, 0.25) is 0 Å². The Balaban J connectivity index is 1.28. The molecule has 0 aliphatic carbocycles. The first kappa shape index (κ1) is 45.6. The average Bonchev–Trinajstić information content (AvgIpc) is 3.87. The molecule has 2 aromatic heterocycles. The van der Waals surface area contributed by atoms with E-state index in [9.17, 15) is 29.1 Å². The summed E-state index contributed by atoms with van der Waals surface area (Å²) >= 11 is 0. The summed E-state index contributed by atoms with van der Waals surface area (Å²) in [4.78, 5) is 77.2. The lowest BCUT2D eigenvalue weighted by molar-refractivity contribution is -0.134. The van der Waals surface area contributed by atoms with E-state index in [0.29, 0.717) is 24.4 Å². The maximum atomic E-state index is 14.7. The number of carbonyl (C=O) groups excluding carboxylic acids is 5. The first-order valence-electron chi connectivity index (χ1n) is 21.7. The molecule has 0 saturated carbocycles. The van der Waals surface area contributed by atoms with Gasteiger partial charge in [0, 0.05) is 60.0 Å². The number of aromatic nitrogens is 2. The van der Waals surface area contributed by atoms with Crippen LogP contribution in [0.4, 0.5) is 0 Å². The zero-order valence-corrected chi connectivity index (χ0v) is 36.4. The molecular formula is C50H59N7O6. The molecule has 2 heterocycles. The predicted octanol–water partition coefficient (Wildman–Crippen LogP) is 5.77. The fraction of sp³-hybridized carbons (Fsp3) is 0.340. The molecule has 6 rings (SSSR count). The van der Waals surface area contributed by atoms with Crippen molar-refractivity contribution in [1.29, 1.82) is 0 Å². The summed E-state index contributed by atoms with van der Waals surface area (Å²) in [6.07, 6.45) is 5.01. The van der Waals surface area contributed by atoms with Crippen molar-refractivity contribution < 1.29 is 29.1 Å². The third kappa shape index (κ3) is 13.1. The molecule has 0 radical (unpaired) electrons. The van der Waals surface area contributed by atoms with Crippen LogP contribution in [0.1, 0.15) is 62.8 Å². The molecule has 0 aliphatic heterocycles. The Morgan fingerprint density at radius 3 is 1.56 bits per heavy atom. The zero-order chi connectivity index (χ0) is 44.9. The number of fused-ring (bicyclic) bond motifs is 2. The van der Waals surface area contributed by atoms with Gasteiger partial charge in [0.05, 0.1) is 6.42 Å². The summed E-state index contributed by atoms with van der Waals surface area (Å²) in [7, 11) is 0. The molecule has 5 amide bonds. The number of benzene rings is 4. The maximum absolute atomic E-state index is 14.7. The van der Waals surface area contributed by atoms with Gasteiger partial charge in [0.15, 0.2) is 0 Å². The molecule has 63 heavy (non-hydrogen) atoms. The molecule has 0 saturated heterocycles. The number of hydrogen-bond donors (Lipinski definition) is 8. The van der Waals surface area contributed by atoms with E-state index in [1.807, 2.05) is 92.7 Å². The summed E-state index contributed by atoms with van der Waals surface area (Å²) in [6.45, 7) is 8.57. The number of rotatable bonds is 21. The van der Waals surface area contributed by atoms with Gasteiger partial charge in [-0.3, -0.25) is 24.0 Å². The fourth-order valence-electron chi connectivity index (χ4n) is 7.69. The number of para-hydroxylation sites is 2. The summed E-state index contributed by atoms with van der Waals surface area (Å²) in [5.74, 6) is -1.94. The molecule has 13 heteroatoms. The minimum Gasteiger partial charge on any atom is -0.508 e. The number of phenols is 1. The number of phenolic OH excluding ortho intramolecular Hbond substituents is 1. The Labute approximate surface area is 368 Å². The fourth-order valence-corrected chi connectivity index (χ4v) is 7.69. The van der Waals surface area contributed by atoms with Crippen LogP contribution in [0, 0.1) is 11.8 Å². The number of amides is 5. The Kier molecular flexibility index (Phi) is 15.8. The van der Waals surface area contributed by atoms with E-state index in [-0.39, 0.29) is 43.3 Å². The van der Waals surface area contributed by atoms with Gasteiger partial charge in [-0.15, -0.1) is 0 Å². The largest absolute Gasteiger partial charge is 0.508 e. The minimum atomic E-state index is -1.18. The Bertz CT molecular complexity index is 2480. The van der Waals surface area contributed by atoms with Gasteiger partial charge in [-0.2, -0.15) is 0 Å². The Morgan fingerprint density at radius 2 is 1.02 bits per heavy atom. The molecule has 0 spiro atoms. The Hall–Kier alpha value is -6.89. The SMILES string of the molecule is CC(C)CCNC(=O)[C@H](CC(C)C)NC(=O)[C@@H](Cc1c[nH]c2ccccc12)NC(=O)[C@H](Cc1ccccc1)NC(=O)[C@@H](Cc1c[nH]c2ccccc12)NC(=O)Cc1ccc(O)cc1. The van der Waals surface area contributed by atoms with Gasteiger partial charge in [-0.1, -0.05) is 107 Å². The molecule has 0 unspecified atom stereocenters. The van der Waals surface area contributed by atoms with Crippen LogP contribution in [-0.4, -0.2) is 75.3 Å². The maximum Gasteiger partial charge on any atom is 0.243 e. The van der Waals surface area contributed by atoms with Gasteiger partial charge in [0.2, 0.25) is 29.5 Å². The van der Waals surface area contributed by atoms with E-state index in [1.165, 1.54) is 12.1 Å². The van der Waals surface area contributed by atoms with Gasteiger partial charge in [-0.25, -0.2) is 0 Å². The first-order valence-corrected chi connectivity index (χ1v) is 21.7. The van der Waals surface area contributed by atoms with E-state index in [4.69, 9.17) is 0 Å². The van der Waals surface area contributed by atoms with Crippen LogP contribution in [0.5, 0.6) is 5.75 Å². The van der Waals surface area contributed by atoms with E-state index in [2.05, 4.69) is 50.4 Å². The number of nitrogens with one attached hydrogen (secondary N) is 7. The highest BCUT2D eigenvalue weighted by molar-refractivity contribution is 5.97. The van der Waals surface area contributed by atoms with Gasteiger partial charge in [-0.05, 0) is 71.2 Å². The van der Waals surface area contributed by atoms with Gasteiger partial charge >= 0.3 is 0 Å². The van der Waals surface area contributed by atoms with E-state index in [0.717, 1.165) is 44.9 Å². The van der Waals surface area contributed by atoms with Gasteiger partial charge in [0.25, 0.3) is 0 Å². The molecule has 0 fully saturated rings. The second kappa shape index (κ2) is 21.8. The van der Waals surface area contributed by atoms with Crippen LogP contribution >= 0.6 is 0 Å². The molecule has 330 valence electrons. The smallest absolute Gasteiger partial charge is 0.243 e. The monoisotopic (exact) mass is 853 g/mol. The van der Waals surface area contributed by atoms with Crippen LogP contribution < -0.4 is 26.6 Å². The number of aromatic amines is 2. The highest BCUT2D eigenvalue weighted by Crippen LogP contribution is 2.22.